The first-order chi connectivity index (χ1) is 4.11. The fourth-order valence-electron chi connectivity index (χ4n) is 0.384. The number of thioether (sulfide) groups is 1. The number of aliphatic imine (C=N–C) groups is 1. The van der Waals surface area contributed by atoms with Gasteiger partial charge in [0.1, 0.15) is 0 Å². The summed E-state index contributed by atoms with van der Waals surface area (Å²) in [4.78, 5) is 3.15. The van der Waals surface area contributed by atoms with Crippen molar-refractivity contribution < 1.29 is 13.2 Å². The Hall–Kier alpha value is -0.190. The summed E-state index contributed by atoms with van der Waals surface area (Å²) in [6.07, 6.45) is -4.27. The summed E-state index contributed by atoms with van der Waals surface area (Å²) in [6, 6.07) is 0. The molecule has 0 aromatic rings. The number of rotatable bonds is 0. The maximum atomic E-state index is 11.6. The number of hydrogen-bond acceptors (Lipinski definition) is 2. The van der Waals surface area contributed by atoms with E-state index in [1.165, 1.54) is 0 Å². The average molecular weight is 153 g/mol. The predicted molar refractivity (Wildman–Crippen MR) is 29.2 cm³/mol. The number of alkyl halides is 3. The zero-order valence-electron chi connectivity index (χ0n) is 4.20. The Morgan fingerprint density at radius 1 is 1.56 bits per heavy atom. The zero-order chi connectivity index (χ0) is 6.91. The molecule has 0 saturated carbocycles. The largest absolute Gasteiger partial charge is 0.439 e. The Morgan fingerprint density at radius 3 is 2.44 bits per heavy atom. The van der Waals surface area contributed by atoms with Crippen LogP contribution < -0.4 is 0 Å². The first-order valence-corrected chi connectivity index (χ1v) is 2.94. The Labute approximate surface area is 54.3 Å². The van der Waals surface area contributed by atoms with Gasteiger partial charge in [-0.15, -0.1) is 0 Å². The van der Waals surface area contributed by atoms with Gasteiger partial charge >= 0.3 is 6.18 Å². The normalized spacial score (nSPS) is 20.1. The zero-order valence-corrected chi connectivity index (χ0v) is 5.01. The lowest BCUT2D eigenvalue weighted by atomic mass is 10.7. The number of halogens is 3. The van der Waals surface area contributed by atoms with E-state index in [2.05, 4.69) is 10.7 Å². The molecule has 50 valence electrons. The monoisotopic (exact) mass is 153 g/mol. The molecule has 1 rings (SSSR count). The SMILES string of the molecule is FC(F)(F)C1=NC[C]S1. The molecule has 0 bridgehead atoms. The van der Waals surface area contributed by atoms with Crippen LogP contribution in [0.1, 0.15) is 0 Å². The fourth-order valence-corrected chi connectivity index (χ4v) is 0.895. The van der Waals surface area contributed by atoms with Crippen molar-refractivity contribution in [3.8, 4) is 0 Å². The van der Waals surface area contributed by atoms with E-state index in [9.17, 15) is 13.2 Å². The highest BCUT2D eigenvalue weighted by Crippen LogP contribution is 2.30. The first-order valence-electron chi connectivity index (χ1n) is 2.12. The molecule has 0 N–H and O–H groups in total. The van der Waals surface area contributed by atoms with Crippen LogP contribution in [-0.2, 0) is 0 Å². The predicted octanol–water partition coefficient (Wildman–Crippen LogP) is 1.73. The minimum Gasteiger partial charge on any atom is -0.273 e. The van der Waals surface area contributed by atoms with Gasteiger partial charge in [0.25, 0.3) is 0 Å². The summed E-state index contributed by atoms with van der Waals surface area (Å²) in [7, 11) is 0. The first kappa shape index (κ1) is 6.92. The summed E-state index contributed by atoms with van der Waals surface area (Å²) < 4.78 is 34.7. The van der Waals surface area contributed by atoms with Crippen molar-refractivity contribution >= 4 is 16.8 Å². The van der Waals surface area contributed by atoms with E-state index in [1.807, 2.05) is 0 Å². The van der Waals surface area contributed by atoms with Crippen LogP contribution in [0.3, 0.4) is 0 Å². The van der Waals surface area contributed by atoms with E-state index in [0.29, 0.717) is 11.8 Å². The van der Waals surface area contributed by atoms with Crippen LogP contribution in [0.5, 0.6) is 0 Å². The molecule has 1 heterocycles. The summed E-state index contributed by atoms with van der Waals surface area (Å²) in [5.74, 6) is 2.37. The summed E-state index contributed by atoms with van der Waals surface area (Å²) in [5, 5.41) is -0.789. The van der Waals surface area contributed by atoms with E-state index in [1.54, 1.807) is 0 Å². The maximum Gasteiger partial charge on any atom is 0.439 e. The van der Waals surface area contributed by atoms with Gasteiger partial charge in [0.2, 0.25) is 0 Å². The van der Waals surface area contributed by atoms with E-state index < -0.39 is 11.2 Å². The third kappa shape index (κ3) is 1.61. The topological polar surface area (TPSA) is 12.4 Å². The molecule has 2 radical (unpaired) electrons. The molecular formula is C4H2F3NS. The van der Waals surface area contributed by atoms with E-state index in [4.69, 9.17) is 0 Å². The second-order valence-electron chi connectivity index (χ2n) is 1.37. The molecule has 1 aliphatic heterocycles. The van der Waals surface area contributed by atoms with Crippen molar-refractivity contribution in [1.29, 1.82) is 0 Å². The van der Waals surface area contributed by atoms with Gasteiger partial charge in [0.15, 0.2) is 5.04 Å². The molecule has 0 amide bonds. The third-order valence-electron chi connectivity index (χ3n) is 0.699. The Balaban J connectivity index is 2.61. The lowest BCUT2D eigenvalue weighted by Gasteiger charge is -2.01. The van der Waals surface area contributed by atoms with Crippen molar-refractivity contribution in [2.75, 3.05) is 6.54 Å². The fraction of sp³-hybridized carbons (Fsp3) is 0.500. The third-order valence-corrected chi connectivity index (χ3v) is 1.53. The molecule has 0 aliphatic carbocycles. The van der Waals surface area contributed by atoms with Crippen LogP contribution in [0.2, 0.25) is 0 Å². The molecule has 9 heavy (non-hydrogen) atoms. The van der Waals surface area contributed by atoms with Crippen molar-refractivity contribution in [1.82, 2.24) is 0 Å². The van der Waals surface area contributed by atoms with Crippen LogP contribution in [0.25, 0.3) is 0 Å². The molecule has 0 spiro atoms. The summed E-state index contributed by atoms with van der Waals surface area (Å²) >= 11 is 0.524. The van der Waals surface area contributed by atoms with Crippen LogP contribution >= 0.6 is 11.8 Å². The molecule has 0 atom stereocenters. The van der Waals surface area contributed by atoms with Gasteiger partial charge in [0, 0.05) is 0 Å². The molecule has 5 heteroatoms. The quantitative estimate of drug-likeness (QED) is 0.516. The van der Waals surface area contributed by atoms with E-state index >= 15 is 0 Å². The van der Waals surface area contributed by atoms with Gasteiger partial charge in [-0.25, -0.2) is 0 Å². The minimum atomic E-state index is -4.27. The van der Waals surface area contributed by atoms with Gasteiger partial charge in [0.05, 0.1) is 12.3 Å². The average Bonchev–Trinajstić information content (AvgIpc) is 2.08. The molecule has 0 aromatic heterocycles. The van der Waals surface area contributed by atoms with Crippen LogP contribution in [0, 0.1) is 5.75 Å². The molecule has 0 unspecified atom stereocenters. The van der Waals surface area contributed by atoms with Gasteiger partial charge in [-0.05, 0) is 0 Å². The summed E-state index contributed by atoms with van der Waals surface area (Å²) in [5.41, 5.74) is 0. The highest BCUT2D eigenvalue weighted by molar-refractivity contribution is 8.16. The van der Waals surface area contributed by atoms with Crippen molar-refractivity contribution in [3.63, 3.8) is 0 Å². The Kier molecular flexibility index (Phi) is 1.70. The molecular weight excluding hydrogens is 151 g/mol. The maximum absolute atomic E-state index is 11.6. The number of nitrogens with zero attached hydrogens (tertiary/aromatic N) is 1. The van der Waals surface area contributed by atoms with Crippen molar-refractivity contribution in [2.45, 2.75) is 6.18 Å². The molecule has 1 nitrogen and oxygen atoms in total. The molecule has 1 aliphatic rings. The van der Waals surface area contributed by atoms with Crippen LogP contribution in [-0.4, -0.2) is 17.8 Å². The van der Waals surface area contributed by atoms with Crippen LogP contribution in [0.4, 0.5) is 13.2 Å². The number of hydrogen-bond donors (Lipinski definition) is 0. The lowest BCUT2D eigenvalue weighted by molar-refractivity contribution is -0.0554. The molecule has 0 saturated heterocycles. The minimum absolute atomic E-state index is 0.0551. The van der Waals surface area contributed by atoms with E-state index in [-0.39, 0.29) is 6.54 Å². The smallest absolute Gasteiger partial charge is 0.273 e. The summed E-state index contributed by atoms with van der Waals surface area (Å²) in [6.45, 7) is 0.0551. The lowest BCUT2D eigenvalue weighted by Crippen LogP contribution is -2.17. The second kappa shape index (κ2) is 2.21. The van der Waals surface area contributed by atoms with Gasteiger partial charge in [-0.2, -0.15) is 13.2 Å². The standard InChI is InChI=1S/C4H2F3NS/c5-4(6,7)3-8-1-2-9-3/h1H2. The Bertz CT molecular complexity index is 139. The second-order valence-corrected chi connectivity index (χ2v) is 2.25. The molecule has 0 aromatic carbocycles. The van der Waals surface area contributed by atoms with Crippen LogP contribution in [0.15, 0.2) is 4.99 Å². The van der Waals surface area contributed by atoms with Gasteiger partial charge in [-0.3, -0.25) is 4.99 Å². The van der Waals surface area contributed by atoms with Gasteiger partial charge < -0.3 is 0 Å². The van der Waals surface area contributed by atoms with Crippen molar-refractivity contribution in [2.24, 2.45) is 4.99 Å². The Morgan fingerprint density at radius 2 is 2.22 bits per heavy atom. The van der Waals surface area contributed by atoms with Gasteiger partial charge in [-0.1, -0.05) is 11.8 Å². The van der Waals surface area contributed by atoms with E-state index in [0.717, 1.165) is 0 Å². The van der Waals surface area contributed by atoms with Crippen molar-refractivity contribution in [3.05, 3.63) is 5.75 Å². The highest BCUT2D eigenvalue weighted by Gasteiger charge is 2.37. The molecule has 0 fully saturated rings. The highest BCUT2D eigenvalue weighted by atomic mass is 32.2.